The minimum absolute atomic E-state index is 0.202. The Morgan fingerprint density at radius 1 is 1.19 bits per heavy atom. The average Bonchev–Trinajstić information content (AvgIpc) is 3.41. The van der Waals surface area contributed by atoms with E-state index in [2.05, 4.69) is 53.5 Å². The fraction of sp³-hybridized carbons (Fsp3) is 0.160. The number of benzene rings is 1. The number of nitrogens with one attached hydrogen (secondary N) is 1. The van der Waals surface area contributed by atoms with E-state index >= 15 is 0 Å². The third kappa shape index (κ3) is 3.94. The molecule has 0 aliphatic rings. The highest BCUT2D eigenvalue weighted by Gasteiger charge is 2.22. The number of hydrogen-bond acceptors (Lipinski definition) is 4. The lowest BCUT2D eigenvalue weighted by Crippen LogP contribution is -2.20. The van der Waals surface area contributed by atoms with E-state index in [9.17, 15) is 9.90 Å². The summed E-state index contributed by atoms with van der Waals surface area (Å²) in [6.07, 6.45) is 3.86. The summed E-state index contributed by atoms with van der Waals surface area (Å²) in [7, 11) is 0. The first kappa shape index (κ1) is 20.8. The number of H-pyrrole nitrogens is 1. The molecule has 0 saturated heterocycles. The molecule has 0 fully saturated rings. The van der Waals surface area contributed by atoms with Crippen molar-refractivity contribution in [3.05, 3.63) is 80.2 Å². The van der Waals surface area contributed by atoms with Gasteiger partial charge in [0.1, 0.15) is 0 Å². The number of carbonyl (C=O) groups is 1. The van der Waals surface area contributed by atoms with Gasteiger partial charge < -0.3 is 5.11 Å². The number of rotatable bonds is 5. The Kier molecular flexibility index (Phi) is 5.57. The molecule has 0 saturated carbocycles. The Morgan fingerprint density at radius 3 is 2.48 bits per heavy atom. The fourth-order valence-electron chi connectivity index (χ4n) is 3.78. The van der Waals surface area contributed by atoms with Gasteiger partial charge in [0.15, 0.2) is 0 Å². The van der Waals surface area contributed by atoms with Crippen LogP contribution in [0.15, 0.2) is 47.3 Å². The number of carboxylic acids is 1. The lowest BCUT2D eigenvalue weighted by atomic mass is 9.86. The van der Waals surface area contributed by atoms with Crippen molar-refractivity contribution < 1.29 is 9.90 Å². The highest BCUT2D eigenvalue weighted by atomic mass is 32.1. The van der Waals surface area contributed by atoms with Gasteiger partial charge in [-0.1, -0.05) is 32.6 Å². The van der Waals surface area contributed by atoms with E-state index in [0.717, 1.165) is 49.8 Å². The molecular formula is C25H23N3O2S. The monoisotopic (exact) mass is 429 g/mol. The van der Waals surface area contributed by atoms with Crippen LogP contribution < -0.4 is 10.6 Å². The van der Waals surface area contributed by atoms with Crippen molar-refractivity contribution in [1.29, 1.82) is 0 Å². The van der Waals surface area contributed by atoms with Gasteiger partial charge in [0, 0.05) is 22.0 Å². The fourth-order valence-corrected chi connectivity index (χ4v) is 4.43. The number of aromatic amines is 1. The highest BCUT2D eigenvalue weighted by Crippen LogP contribution is 2.40. The molecule has 0 atom stereocenters. The summed E-state index contributed by atoms with van der Waals surface area (Å²) >= 11 is 1.66. The zero-order chi connectivity index (χ0) is 22.1. The molecule has 4 aromatic rings. The SMILES string of the molecule is C=c1[nH]nc/c1=C/c1c(C)nc(-c2ccc(C(=O)O)cc2)c(C(C)C)c1-c1ccsc1. The van der Waals surface area contributed by atoms with Crippen LogP contribution in [0.25, 0.3) is 35.0 Å². The number of nitrogens with zero attached hydrogens (tertiary/aromatic N) is 2. The molecule has 0 radical (unpaired) electrons. The van der Waals surface area contributed by atoms with E-state index < -0.39 is 5.97 Å². The van der Waals surface area contributed by atoms with E-state index in [4.69, 9.17) is 4.98 Å². The molecule has 6 heteroatoms. The second kappa shape index (κ2) is 8.32. The summed E-state index contributed by atoms with van der Waals surface area (Å²) in [5, 5.41) is 22.2. The molecule has 31 heavy (non-hydrogen) atoms. The summed E-state index contributed by atoms with van der Waals surface area (Å²) in [6.45, 7) is 10.3. The molecule has 0 spiro atoms. The third-order valence-electron chi connectivity index (χ3n) is 5.31. The van der Waals surface area contributed by atoms with Gasteiger partial charge in [-0.2, -0.15) is 16.4 Å². The van der Waals surface area contributed by atoms with Gasteiger partial charge in [-0.15, -0.1) is 0 Å². The molecule has 1 aromatic carbocycles. The molecule has 0 aliphatic heterocycles. The highest BCUT2D eigenvalue weighted by molar-refractivity contribution is 7.08. The van der Waals surface area contributed by atoms with Crippen molar-refractivity contribution in [2.24, 2.45) is 0 Å². The van der Waals surface area contributed by atoms with Gasteiger partial charge in [-0.3, -0.25) is 10.1 Å². The minimum Gasteiger partial charge on any atom is -0.478 e. The first-order valence-corrected chi connectivity index (χ1v) is 10.9. The molecule has 3 aromatic heterocycles. The van der Waals surface area contributed by atoms with Crippen molar-refractivity contribution in [2.75, 3.05) is 0 Å². The number of aryl methyl sites for hydroxylation is 1. The van der Waals surface area contributed by atoms with Crippen LogP contribution in [0.3, 0.4) is 0 Å². The minimum atomic E-state index is -0.937. The molecule has 0 aliphatic carbocycles. The summed E-state index contributed by atoms with van der Waals surface area (Å²) in [4.78, 5) is 16.3. The van der Waals surface area contributed by atoms with Crippen molar-refractivity contribution in [1.82, 2.24) is 15.2 Å². The molecule has 5 nitrogen and oxygen atoms in total. The molecule has 3 heterocycles. The van der Waals surface area contributed by atoms with Crippen molar-refractivity contribution in [3.63, 3.8) is 0 Å². The first-order valence-electron chi connectivity index (χ1n) is 9.97. The third-order valence-corrected chi connectivity index (χ3v) is 5.99. The Bertz CT molecular complexity index is 1350. The average molecular weight is 430 g/mol. The van der Waals surface area contributed by atoms with Gasteiger partial charge in [0.2, 0.25) is 0 Å². The number of carboxylic acid groups (broad SMARTS) is 1. The maximum Gasteiger partial charge on any atom is 0.335 e. The molecular weight excluding hydrogens is 406 g/mol. The van der Waals surface area contributed by atoms with Gasteiger partial charge in [-0.25, -0.2) is 4.79 Å². The summed E-state index contributed by atoms with van der Waals surface area (Å²) in [6, 6.07) is 9.05. The zero-order valence-electron chi connectivity index (χ0n) is 17.6. The van der Waals surface area contributed by atoms with Crippen LogP contribution in [0.1, 0.15) is 46.9 Å². The Morgan fingerprint density at radius 2 is 1.94 bits per heavy atom. The predicted molar refractivity (Wildman–Crippen MR) is 126 cm³/mol. The van der Waals surface area contributed by atoms with Crippen LogP contribution in [0.5, 0.6) is 0 Å². The van der Waals surface area contributed by atoms with Crippen LogP contribution >= 0.6 is 11.3 Å². The van der Waals surface area contributed by atoms with Crippen molar-refractivity contribution in [2.45, 2.75) is 26.7 Å². The number of aromatic carboxylic acids is 1. The number of pyridine rings is 1. The number of thiophene rings is 1. The molecule has 0 bridgehead atoms. The van der Waals surface area contributed by atoms with Crippen molar-refractivity contribution in [3.8, 4) is 22.4 Å². The topological polar surface area (TPSA) is 78.9 Å². The largest absolute Gasteiger partial charge is 0.478 e. The molecule has 156 valence electrons. The quantitative estimate of drug-likeness (QED) is 0.487. The lowest BCUT2D eigenvalue weighted by Gasteiger charge is -2.21. The van der Waals surface area contributed by atoms with Crippen LogP contribution in [-0.4, -0.2) is 26.3 Å². The van der Waals surface area contributed by atoms with Crippen LogP contribution in [0.2, 0.25) is 0 Å². The maximum absolute atomic E-state index is 11.3. The normalized spacial score (nSPS) is 11.9. The van der Waals surface area contributed by atoms with E-state index in [1.165, 1.54) is 0 Å². The van der Waals surface area contributed by atoms with E-state index in [1.54, 1.807) is 29.7 Å². The number of hydrogen-bond donors (Lipinski definition) is 2. The second-order valence-corrected chi connectivity index (χ2v) is 8.53. The van der Waals surface area contributed by atoms with Gasteiger partial charge >= 0.3 is 5.97 Å². The lowest BCUT2D eigenvalue weighted by molar-refractivity contribution is 0.0697. The summed E-state index contributed by atoms with van der Waals surface area (Å²) in [5.41, 5.74) is 7.39. The Labute approximate surface area is 184 Å². The molecule has 4 rings (SSSR count). The van der Waals surface area contributed by atoms with Gasteiger partial charge in [0.05, 0.1) is 22.8 Å². The smallest absolute Gasteiger partial charge is 0.335 e. The molecule has 2 N–H and O–H groups in total. The van der Waals surface area contributed by atoms with Crippen LogP contribution in [0, 0.1) is 6.92 Å². The van der Waals surface area contributed by atoms with Crippen LogP contribution in [-0.2, 0) is 0 Å². The Hall–Kier alpha value is -3.51. The van der Waals surface area contributed by atoms with Gasteiger partial charge in [-0.05, 0) is 64.6 Å². The Balaban J connectivity index is 2.06. The van der Waals surface area contributed by atoms with Crippen molar-refractivity contribution >= 4 is 30.0 Å². The van der Waals surface area contributed by atoms with E-state index in [1.807, 2.05) is 19.1 Å². The maximum atomic E-state index is 11.3. The van der Waals surface area contributed by atoms with Crippen LogP contribution in [0.4, 0.5) is 0 Å². The molecule has 0 unspecified atom stereocenters. The number of aromatic nitrogens is 3. The van der Waals surface area contributed by atoms with Gasteiger partial charge in [0.25, 0.3) is 0 Å². The first-order chi connectivity index (χ1) is 14.9. The molecule has 0 amide bonds. The summed E-state index contributed by atoms with van der Waals surface area (Å²) < 4.78 is 0. The zero-order valence-corrected chi connectivity index (χ0v) is 18.5. The standard InChI is InChI=1S/C25H23N3O2S/c1-14(2)22-23(19-9-10-31-13-19)21(11-20-12-26-28-15(20)3)16(4)27-24(22)17-5-7-18(8-6-17)25(29)30/h5-14,28H,3H2,1-2,4H3,(H,29,30)/b20-11-. The summed E-state index contributed by atoms with van der Waals surface area (Å²) in [5.74, 6) is -0.736. The van der Waals surface area contributed by atoms with E-state index in [0.29, 0.717) is 0 Å². The van der Waals surface area contributed by atoms with E-state index in [-0.39, 0.29) is 11.5 Å². The predicted octanol–water partition coefficient (Wildman–Crippen LogP) is 4.57. The second-order valence-electron chi connectivity index (χ2n) is 7.75.